The summed E-state index contributed by atoms with van der Waals surface area (Å²) in [7, 11) is 1.69. The number of nitrogens with zero attached hydrogens (tertiary/aromatic N) is 8. The SMILES string of the molecule is CC.CCC(C)n1ncn(-c2ccc(N3CCN(c4ccc(OC)cc4)CC3)cc2)c1=O.Cc1cc(C#N)ccc1C1(Cn2cccn2)OCCO1. The molecule has 12 heteroatoms. The Morgan fingerprint density at radius 1 is 0.904 bits per heavy atom. The van der Waals surface area contributed by atoms with E-state index in [2.05, 4.69) is 57.3 Å². The largest absolute Gasteiger partial charge is 0.497 e. The van der Waals surface area contributed by atoms with Crippen molar-refractivity contribution < 1.29 is 14.2 Å². The van der Waals surface area contributed by atoms with Crippen LogP contribution in [0.4, 0.5) is 11.4 Å². The van der Waals surface area contributed by atoms with Gasteiger partial charge in [0.25, 0.3) is 0 Å². The molecular formula is C40H50N8O4. The molecule has 0 N–H and O–H groups in total. The number of hydrogen-bond acceptors (Lipinski definition) is 9. The third kappa shape index (κ3) is 8.55. The molecule has 2 fully saturated rings. The molecule has 0 spiro atoms. The lowest BCUT2D eigenvalue weighted by atomic mass is 9.98. The first-order valence-electron chi connectivity index (χ1n) is 18.0. The molecule has 7 rings (SSSR count). The van der Waals surface area contributed by atoms with E-state index in [-0.39, 0.29) is 11.7 Å². The summed E-state index contributed by atoms with van der Waals surface area (Å²) in [6.07, 6.45) is 6.09. The lowest BCUT2D eigenvalue weighted by molar-refractivity contribution is -0.178. The Morgan fingerprint density at radius 3 is 2.02 bits per heavy atom. The first kappa shape index (κ1) is 37.9. The van der Waals surface area contributed by atoms with Crippen LogP contribution in [0.15, 0.2) is 96.3 Å². The van der Waals surface area contributed by atoms with Crippen molar-refractivity contribution in [2.75, 3.05) is 56.3 Å². The van der Waals surface area contributed by atoms with E-state index in [0.717, 1.165) is 55.2 Å². The van der Waals surface area contributed by atoms with Crippen molar-refractivity contribution in [1.82, 2.24) is 24.1 Å². The van der Waals surface area contributed by atoms with Crippen LogP contribution < -0.4 is 20.2 Å². The van der Waals surface area contributed by atoms with Gasteiger partial charge in [-0.1, -0.05) is 26.8 Å². The standard InChI is InChI=1S/C23H29N5O2.C15H15N3O2.C2H6/c1-4-18(2)28-23(29)27(17-24-28)21-7-5-19(6-8-21)25-13-15-26(16-14-25)20-9-11-22(30-3)12-10-20;1-12-9-13(10-16)3-4-14(12)15(19-7-8-20-15)11-18-6-2-5-17-18;1-2/h5-12,17-18H,4,13-16H2,1-3H3;2-6,9H,7-8,11H2,1H3;1-2H3. The summed E-state index contributed by atoms with van der Waals surface area (Å²) < 4.78 is 22.0. The van der Waals surface area contributed by atoms with Gasteiger partial charge in [0.05, 0.1) is 50.2 Å². The number of methoxy groups -OCH3 is 1. The van der Waals surface area contributed by atoms with Crippen molar-refractivity contribution in [2.24, 2.45) is 0 Å². The number of aromatic nitrogens is 5. The van der Waals surface area contributed by atoms with Crippen molar-refractivity contribution in [3.8, 4) is 17.5 Å². The molecule has 0 aliphatic carbocycles. The van der Waals surface area contributed by atoms with Crippen LogP contribution in [0.5, 0.6) is 5.75 Å². The molecule has 0 radical (unpaired) electrons. The van der Waals surface area contributed by atoms with Gasteiger partial charge in [0, 0.05) is 55.5 Å². The Hall–Kier alpha value is -5.38. The van der Waals surface area contributed by atoms with Gasteiger partial charge < -0.3 is 24.0 Å². The summed E-state index contributed by atoms with van der Waals surface area (Å²) in [5, 5.41) is 17.4. The number of rotatable bonds is 9. The molecule has 0 amide bonds. The predicted molar refractivity (Wildman–Crippen MR) is 203 cm³/mol. The highest BCUT2D eigenvalue weighted by molar-refractivity contribution is 5.54. The highest BCUT2D eigenvalue weighted by Gasteiger charge is 2.40. The summed E-state index contributed by atoms with van der Waals surface area (Å²) in [5.74, 6) is 0.0654. The second-order valence-corrected chi connectivity index (χ2v) is 12.5. The van der Waals surface area contributed by atoms with Crippen LogP contribution in [-0.2, 0) is 21.8 Å². The molecule has 2 aliphatic heterocycles. The van der Waals surface area contributed by atoms with Crippen LogP contribution in [0.1, 0.15) is 56.8 Å². The van der Waals surface area contributed by atoms with Crippen LogP contribution in [0.2, 0.25) is 0 Å². The number of nitriles is 1. The minimum atomic E-state index is -0.815. The van der Waals surface area contributed by atoms with Gasteiger partial charge in [-0.3, -0.25) is 4.68 Å². The summed E-state index contributed by atoms with van der Waals surface area (Å²) in [4.78, 5) is 17.4. The van der Waals surface area contributed by atoms with Gasteiger partial charge in [0.1, 0.15) is 12.1 Å². The van der Waals surface area contributed by atoms with Gasteiger partial charge in [-0.05, 0) is 92.6 Å². The van der Waals surface area contributed by atoms with E-state index in [9.17, 15) is 4.79 Å². The number of aryl methyl sites for hydroxylation is 1. The van der Waals surface area contributed by atoms with Crippen molar-refractivity contribution in [3.63, 3.8) is 0 Å². The van der Waals surface area contributed by atoms with Gasteiger partial charge in [-0.2, -0.15) is 15.5 Å². The molecule has 3 aromatic carbocycles. The monoisotopic (exact) mass is 706 g/mol. The van der Waals surface area contributed by atoms with Crippen LogP contribution in [0.3, 0.4) is 0 Å². The highest BCUT2D eigenvalue weighted by Crippen LogP contribution is 2.35. The van der Waals surface area contributed by atoms with E-state index < -0.39 is 5.79 Å². The van der Waals surface area contributed by atoms with E-state index in [1.807, 2.05) is 76.4 Å². The molecule has 2 aromatic heterocycles. The summed E-state index contributed by atoms with van der Waals surface area (Å²) >= 11 is 0. The van der Waals surface area contributed by atoms with Gasteiger partial charge in [0.2, 0.25) is 5.79 Å². The Labute approximate surface area is 306 Å². The zero-order valence-corrected chi connectivity index (χ0v) is 31.1. The molecule has 1 atom stereocenters. The second kappa shape index (κ2) is 17.7. The number of piperazine rings is 1. The molecule has 1 unspecified atom stereocenters. The van der Waals surface area contributed by atoms with Crippen molar-refractivity contribution in [2.45, 2.75) is 59.4 Å². The van der Waals surface area contributed by atoms with E-state index in [4.69, 9.17) is 19.5 Å². The molecule has 5 aromatic rings. The number of hydrogen-bond donors (Lipinski definition) is 0. The maximum absolute atomic E-state index is 12.6. The molecular weight excluding hydrogens is 656 g/mol. The van der Waals surface area contributed by atoms with E-state index in [1.165, 1.54) is 11.4 Å². The zero-order chi connectivity index (χ0) is 37.1. The molecule has 12 nitrogen and oxygen atoms in total. The Kier molecular flexibility index (Phi) is 12.9. The fourth-order valence-corrected chi connectivity index (χ4v) is 6.36. The summed E-state index contributed by atoms with van der Waals surface area (Å²) in [5.41, 5.74) is 5.72. The van der Waals surface area contributed by atoms with Crippen LogP contribution in [0, 0.1) is 18.3 Å². The topological polar surface area (TPSA) is 116 Å². The lowest BCUT2D eigenvalue weighted by Gasteiger charge is -2.37. The number of anilines is 2. The van der Waals surface area contributed by atoms with E-state index >= 15 is 0 Å². The quantitative estimate of drug-likeness (QED) is 0.173. The first-order valence-corrected chi connectivity index (χ1v) is 18.0. The third-order valence-corrected chi connectivity index (χ3v) is 9.36. The van der Waals surface area contributed by atoms with Crippen LogP contribution in [0.25, 0.3) is 5.69 Å². The highest BCUT2D eigenvalue weighted by atomic mass is 16.7. The smallest absolute Gasteiger partial charge is 0.350 e. The average molecular weight is 707 g/mol. The number of ether oxygens (including phenoxy) is 3. The normalized spacial score (nSPS) is 15.5. The second-order valence-electron chi connectivity index (χ2n) is 12.5. The van der Waals surface area contributed by atoms with Crippen molar-refractivity contribution in [1.29, 1.82) is 5.26 Å². The van der Waals surface area contributed by atoms with Crippen molar-refractivity contribution >= 4 is 11.4 Å². The average Bonchev–Trinajstić information content (AvgIpc) is 3.98. The lowest BCUT2D eigenvalue weighted by Crippen LogP contribution is -2.46. The van der Waals surface area contributed by atoms with Crippen molar-refractivity contribution in [3.05, 3.63) is 119 Å². The van der Waals surface area contributed by atoms with E-state index in [0.29, 0.717) is 25.3 Å². The van der Waals surface area contributed by atoms with Crippen LogP contribution in [-0.4, -0.2) is 70.6 Å². The fourth-order valence-electron chi connectivity index (χ4n) is 6.36. The van der Waals surface area contributed by atoms with Crippen LogP contribution >= 0.6 is 0 Å². The van der Waals surface area contributed by atoms with E-state index in [1.54, 1.807) is 39.6 Å². The third-order valence-electron chi connectivity index (χ3n) is 9.36. The molecule has 4 heterocycles. The minimum Gasteiger partial charge on any atom is -0.497 e. The van der Waals surface area contributed by atoms with Gasteiger partial charge in [-0.15, -0.1) is 0 Å². The predicted octanol–water partition coefficient (Wildman–Crippen LogP) is 6.33. The Balaban J connectivity index is 0.000000206. The minimum absolute atomic E-state index is 0.0924. The fraction of sp³-hybridized carbons (Fsp3) is 0.400. The molecule has 52 heavy (non-hydrogen) atoms. The maximum atomic E-state index is 12.6. The maximum Gasteiger partial charge on any atom is 0.350 e. The molecule has 0 bridgehead atoms. The molecule has 2 aliphatic rings. The molecule has 0 saturated carbocycles. The van der Waals surface area contributed by atoms with Gasteiger partial charge in [-0.25, -0.2) is 14.0 Å². The number of benzene rings is 3. The summed E-state index contributed by atoms with van der Waals surface area (Å²) in [6.45, 7) is 15.5. The molecule has 2 saturated heterocycles. The van der Waals surface area contributed by atoms with Gasteiger partial charge in [0.15, 0.2) is 0 Å². The first-order chi connectivity index (χ1) is 25.3. The Morgan fingerprint density at radius 2 is 1.50 bits per heavy atom. The van der Waals surface area contributed by atoms with Gasteiger partial charge >= 0.3 is 5.69 Å². The Bertz CT molecular complexity index is 1930. The summed E-state index contributed by atoms with van der Waals surface area (Å²) in [6, 6.07) is 26.1. The zero-order valence-electron chi connectivity index (χ0n) is 31.1. The molecule has 274 valence electrons.